The third kappa shape index (κ3) is 2.76. The molecule has 2 rings (SSSR count). The molecule has 0 aromatic heterocycles. The second-order valence-corrected chi connectivity index (χ2v) is 5.39. The summed E-state index contributed by atoms with van der Waals surface area (Å²) in [7, 11) is 0. The molecule has 16 heavy (non-hydrogen) atoms. The summed E-state index contributed by atoms with van der Waals surface area (Å²) in [6, 6.07) is 0. The third-order valence-electron chi connectivity index (χ3n) is 4.34. The topological polar surface area (TPSA) is 35.5 Å². The summed E-state index contributed by atoms with van der Waals surface area (Å²) in [6.45, 7) is 4.85. The molecule has 0 unspecified atom stereocenters. The highest BCUT2D eigenvalue weighted by molar-refractivity contribution is 4.92. The van der Waals surface area contributed by atoms with E-state index in [1.807, 2.05) is 0 Å². The zero-order valence-corrected chi connectivity index (χ0v) is 10.4. The van der Waals surface area contributed by atoms with E-state index in [4.69, 9.17) is 0 Å². The Labute approximate surface area is 99.2 Å². The van der Waals surface area contributed by atoms with Crippen LogP contribution in [0.15, 0.2) is 0 Å². The zero-order chi connectivity index (χ0) is 11.3. The van der Waals surface area contributed by atoms with Crippen molar-refractivity contribution in [1.82, 2.24) is 10.2 Å². The van der Waals surface area contributed by atoms with Gasteiger partial charge in [-0.25, -0.2) is 0 Å². The van der Waals surface area contributed by atoms with Gasteiger partial charge in [-0.15, -0.1) is 0 Å². The van der Waals surface area contributed by atoms with E-state index in [9.17, 15) is 5.11 Å². The van der Waals surface area contributed by atoms with Crippen LogP contribution >= 0.6 is 0 Å². The maximum atomic E-state index is 9.85. The van der Waals surface area contributed by atoms with Crippen molar-refractivity contribution < 1.29 is 5.11 Å². The SMILES string of the molecule is OCC1(N2CCCNCC2)CCCCCC1. The molecule has 1 saturated heterocycles. The molecule has 94 valence electrons. The summed E-state index contributed by atoms with van der Waals surface area (Å²) in [4.78, 5) is 2.57. The lowest BCUT2D eigenvalue weighted by Crippen LogP contribution is -2.52. The van der Waals surface area contributed by atoms with Crippen LogP contribution in [0.1, 0.15) is 44.9 Å². The monoisotopic (exact) mass is 226 g/mol. The summed E-state index contributed by atoms with van der Waals surface area (Å²) in [6.07, 6.45) is 8.92. The highest BCUT2D eigenvalue weighted by Crippen LogP contribution is 2.32. The number of aliphatic hydroxyl groups excluding tert-OH is 1. The number of nitrogens with one attached hydrogen (secondary N) is 1. The fourth-order valence-corrected chi connectivity index (χ4v) is 3.28. The first kappa shape index (κ1) is 12.3. The molecule has 1 aliphatic heterocycles. The minimum absolute atomic E-state index is 0.114. The summed E-state index contributed by atoms with van der Waals surface area (Å²) < 4.78 is 0. The fraction of sp³-hybridized carbons (Fsp3) is 1.00. The third-order valence-corrected chi connectivity index (χ3v) is 4.34. The summed E-state index contributed by atoms with van der Waals surface area (Å²) in [5.41, 5.74) is 0.114. The molecule has 2 N–H and O–H groups in total. The molecule has 1 saturated carbocycles. The van der Waals surface area contributed by atoms with Gasteiger partial charge in [0.2, 0.25) is 0 Å². The zero-order valence-electron chi connectivity index (χ0n) is 10.4. The fourth-order valence-electron chi connectivity index (χ4n) is 3.28. The minimum atomic E-state index is 0.114. The van der Waals surface area contributed by atoms with Gasteiger partial charge in [-0.1, -0.05) is 25.7 Å². The Morgan fingerprint density at radius 1 is 0.938 bits per heavy atom. The molecule has 3 heteroatoms. The van der Waals surface area contributed by atoms with Crippen molar-refractivity contribution in [2.24, 2.45) is 0 Å². The van der Waals surface area contributed by atoms with Crippen LogP contribution in [0, 0.1) is 0 Å². The van der Waals surface area contributed by atoms with E-state index in [1.165, 1.54) is 44.9 Å². The van der Waals surface area contributed by atoms with E-state index in [0.717, 1.165) is 26.2 Å². The van der Waals surface area contributed by atoms with Crippen LogP contribution in [0.25, 0.3) is 0 Å². The number of aliphatic hydroxyl groups is 1. The van der Waals surface area contributed by atoms with Crippen molar-refractivity contribution in [3.05, 3.63) is 0 Å². The Morgan fingerprint density at radius 2 is 1.69 bits per heavy atom. The molecule has 1 heterocycles. The van der Waals surface area contributed by atoms with Crippen LogP contribution in [0.5, 0.6) is 0 Å². The second kappa shape index (κ2) is 5.99. The number of hydrogen-bond donors (Lipinski definition) is 2. The average Bonchev–Trinajstić information content (AvgIpc) is 2.72. The Hall–Kier alpha value is -0.120. The summed E-state index contributed by atoms with van der Waals surface area (Å²) >= 11 is 0. The second-order valence-electron chi connectivity index (χ2n) is 5.39. The van der Waals surface area contributed by atoms with Crippen LogP contribution < -0.4 is 5.32 Å². The number of nitrogens with zero attached hydrogens (tertiary/aromatic N) is 1. The van der Waals surface area contributed by atoms with Crippen molar-refractivity contribution in [3.8, 4) is 0 Å². The number of rotatable bonds is 2. The van der Waals surface area contributed by atoms with Crippen LogP contribution in [0.3, 0.4) is 0 Å². The van der Waals surface area contributed by atoms with Crippen LogP contribution in [0.2, 0.25) is 0 Å². The van der Waals surface area contributed by atoms with Gasteiger partial charge in [-0.2, -0.15) is 0 Å². The minimum Gasteiger partial charge on any atom is -0.394 e. The quantitative estimate of drug-likeness (QED) is 0.698. The summed E-state index contributed by atoms with van der Waals surface area (Å²) in [5, 5.41) is 13.3. The lowest BCUT2D eigenvalue weighted by Gasteiger charge is -2.42. The first-order valence-electron chi connectivity index (χ1n) is 6.94. The van der Waals surface area contributed by atoms with Gasteiger partial charge in [0.1, 0.15) is 0 Å². The van der Waals surface area contributed by atoms with E-state index in [1.54, 1.807) is 0 Å². The molecule has 0 bridgehead atoms. The van der Waals surface area contributed by atoms with Gasteiger partial charge in [0, 0.05) is 25.2 Å². The Bertz CT molecular complexity index is 192. The van der Waals surface area contributed by atoms with E-state index < -0.39 is 0 Å². The molecule has 0 atom stereocenters. The smallest absolute Gasteiger partial charge is 0.0615 e. The van der Waals surface area contributed by atoms with Crippen molar-refractivity contribution in [2.45, 2.75) is 50.5 Å². The molecule has 3 nitrogen and oxygen atoms in total. The van der Waals surface area contributed by atoms with E-state index >= 15 is 0 Å². The van der Waals surface area contributed by atoms with Crippen molar-refractivity contribution in [3.63, 3.8) is 0 Å². The summed E-state index contributed by atoms with van der Waals surface area (Å²) in [5.74, 6) is 0. The van der Waals surface area contributed by atoms with Crippen LogP contribution in [0.4, 0.5) is 0 Å². The molecular weight excluding hydrogens is 200 g/mol. The lowest BCUT2D eigenvalue weighted by molar-refractivity contribution is 0.0211. The Morgan fingerprint density at radius 3 is 2.38 bits per heavy atom. The maximum absolute atomic E-state index is 9.85. The molecule has 0 radical (unpaired) electrons. The first-order chi connectivity index (χ1) is 7.87. The average molecular weight is 226 g/mol. The van der Waals surface area contributed by atoms with Crippen molar-refractivity contribution >= 4 is 0 Å². The first-order valence-corrected chi connectivity index (χ1v) is 6.94. The van der Waals surface area contributed by atoms with Gasteiger partial charge in [-0.3, -0.25) is 4.90 Å². The predicted octanol–water partition coefficient (Wildman–Crippen LogP) is 1.37. The van der Waals surface area contributed by atoms with Crippen molar-refractivity contribution in [1.29, 1.82) is 0 Å². The van der Waals surface area contributed by atoms with Crippen molar-refractivity contribution in [2.75, 3.05) is 32.8 Å². The molecule has 2 aliphatic rings. The van der Waals surface area contributed by atoms with Gasteiger partial charge < -0.3 is 10.4 Å². The standard InChI is InChI=1S/C13H26N2O/c16-12-13(6-3-1-2-4-7-13)15-10-5-8-14-9-11-15/h14,16H,1-12H2. The Balaban J connectivity index is 2.04. The molecule has 0 amide bonds. The van der Waals surface area contributed by atoms with Gasteiger partial charge in [-0.05, 0) is 25.8 Å². The molecule has 2 fully saturated rings. The maximum Gasteiger partial charge on any atom is 0.0615 e. The van der Waals surface area contributed by atoms with Gasteiger partial charge in [0.05, 0.1) is 6.61 Å². The van der Waals surface area contributed by atoms with Gasteiger partial charge in [0.15, 0.2) is 0 Å². The molecule has 0 aromatic rings. The molecular formula is C13H26N2O. The van der Waals surface area contributed by atoms with Gasteiger partial charge >= 0.3 is 0 Å². The van der Waals surface area contributed by atoms with Crippen LogP contribution in [-0.4, -0.2) is 48.3 Å². The number of hydrogen-bond acceptors (Lipinski definition) is 3. The van der Waals surface area contributed by atoms with E-state index in [2.05, 4.69) is 10.2 Å². The highest BCUT2D eigenvalue weighted by atomic mass is 16.3. The van der Waals surface area contributed by atoms with E-state index in [-0.39, 0.29) is 5.54 Å². The molecule has 0 aromatic carbocycles. The van der Waals surface area contributed by atoms with Crippen LogP contribution in [-0.2, 0) is 0 Å². The highest BCUT2D eigenvalue weighted by Gasteiger charge is 2.36. The predicted molar refractivity (Wildman–Crippen MR) is 66.6 cm³/mol. The Kier molecular flexibility index (Phi) is 4.62. The van der Waals surface area contributed by atoms with Gasteiger partial charge in [0.25, 0.3) is 0 Å². The van der Waals surface area contributed by atoms with E-state index in [0.29, 0.717) is 6.61 Å². The normalized spacial score (nSPS) is 28.3. The molecule has 1 aliphatic carbocycles. The largest absolute Gasteiger partial charge is 0.394 e. The lowest BCUT2D eigenvalue weighted by atomic mass is 9.88. The molecule has 0 spiro atoms.